The minimum atomic E-state index is 0.663. The van der Waals surface area contributed by atoms with Gasteiger partial charge in [0.2, 0.25) is 0 Å². The summed E-state index contributed by atoms with van der Waals surface area (Å²) in [6.07, 6.45) is 1.27. The lowest BCUT2D eigenvalue weighted by molar-refractivity contribution is 0.126. The average Bonchev–Trinajstić information content (AvgIpc) is 2.32. The maximum atomic E-state index is 5.84. The molecule has 0 aliphatic carbocycles. The fourth-order valence-corrected chi connectivity index (χ4v) is 3.02. The smallest absolute Gasteiger partial charge is 0.0234 e. The molecule has 3 heteroatoms. The quantitative estimate of drug-likeness (QED) is 0.929. The summed E-state index contributed by atoms with van der Waals surface area (Å²) < 4.78 is 1.16. The maximum absolute atomic E-state index is 5.84. The van der Waals surface area contributed by atoms with Crippen LogP contribution in [0.1, 0.15) is 18.9 Å². The number of likely N-dealkylation sites (tertiary alicyclic amines) is 1. The Morgan fingerprint density at radius 3 is 3.00 bits per heavy atom. The van der Waals surface area contributed by atoms with E-state index >= 15 is 0 Å². The molecule has 1 heterocycles. The Bertz CT molecular complexity index is 367. The van der Waals surface area contributed by atoms with E-state index in [0.29, 0.717) is 5.92 Å². The van der Waals surface area contributed by atoms with Crippen LogP contribution < -0.4 is 5.73 Å². The summed E-state index contributed by atoms with van der Waals surface area (Å²) in [7, 11) is 0. The van der Waals surface area contributed by atoms with Crippen molar-refractivity contribution in [3.63, 3.8) is 0 Å². The van der Waals surface area contributed by atoms with Crippen molar-refractivity contribution in [2.75, 3.05) is 19.6 Å². The van der Waals surface area contributed by atoms with Crippen LogP contribution in [0.15, 0.2) is 28.7 Å². The Hall–Kier alpha value is -0.380. The zero-order valence-electron chi connectivity index (χ0n) is 10.4. The van der Waals surface area contributed by atoms with Gasteiger partial charge in [-0.25, -0.2) is 0 Å². The third-order valence-electron chi connectivity index (χ3n) is 3.80. The third kappa shape index (κ3) is 3.54. The average molecular weight is 297 g/mol. The van der Waals surface area contributed by atoms with Gasteiger partial charge in [0.05, 0.1) is 0 Å². The number of nitrogens with two attached hydrogens (primary N) is 1. The zero-order valence-corrected chi connectivity index (χ0v) is 12.0. The van der Waals surface area contributed by atoms with Gasteiger partial charge in [-0.1, -0.05) is 35.0 Å². The Kier molecular flexibility index (Phi) is 4.60. The van der Waals surface area contributed by atoms with Crippen LogP contribution >= 0.6 is 15.9 Å². The number of nitrogens with zero attached hydrogens (tertiary/aromatic N) is 1. The number of hydrogen-bond donors (Lipinski definition) is 1. The van der Waals surface area contributed by atoms with Crippen LogP contribution in [0.25, 0.3) is 0 Å². The summed E-state index contributed by atoms with van der Waals surface area (Å²) in [5.74, 6) is 1.44. The van der Waals surface area contributed by atoms with E-state index in [-0.39, 0.29) is 0 Å². The predicted octanol–water partition coefficient (Wildman–Crippen LogP) is 2.87. The lowest BCUT2D eigenvalue weighted by Crippen LogP contribution is -2.42. The van der Waals surface area contributed by atoms with E-state index in [4.69, 9.17) is 5.73 Å². The SMILES string of the molecule is CC1CCN(Cc2cccc(Br)c2)CC1CN. The van der Waals surface area contributed by atoms with Crippen molar-refractivity contribution in [1.82, 2.24) is 4.90 Å². The summed E-state index contributed by atoms with van der Waals surface area (Å²) in [6.45, 7) is 6.53. The van der Waals surface area contributed by atoms with Crippen molar-refractivity contribution >= 4 is 15.9 Å². The summed E-state index contributed by atoms with van der Waals surface area (Å²) in [4.78, 5) is 2.53. The van der Waals surface area contributed by atoms with Gasteiger partial charge in [0.25, 0.3) is 0 Å². The molecule has 2 N–H and O–H groups in total. The first-order valence-corrected chi connectivity index (χ1v) is 7.15. The molecule has 1 fully saturated rings. The standard InChI is InChI=1S/C14H21BrN2/c1-11-5-6-17(10-13(11)8-16)9-12-3-2-4-14(15)7-12/h2-4,7,11,13H,5-6,8-10,16H2,1H3. The summed E-state index contributed by atoms with van der Waals surface area (Å²) in [5.41, 5.74) is 7.22. The van der Waals surface area contributed by atoms with Gasteiger partial charge < -0.3 is 5.73 Å². The molecule has 0 aromatic heterocycles. The molecule has 2 rings (SSSR count). The topological polar surface area (TPSA) is 29.3 Å². The molecule has 1 aliphatic rings. The molecule has 1 aliphatic heterocycles. The third-order valence-corrected chi connectivity index (χ3v) is 4.29. The van der Waals surface area contributed by atoms with Crippen LogP contribution in [-0.2, 0) is 6.54 Å². The van der Waals surface area contributed by atoms with Crippen LogP contribution in [0, 0.1) is 11.8 Å². The van der Waals surface area contributed by atoms with Crippen molar-refractivity contribution in [2.24, 2.45) is 17.6 Å². The lowest BCUT2D eigenvalue weighted by atomic mass is 9.87. The Labute approximate surface area is 112 Å². The predicted molar refractivity (Wildman–Crippen MR) is 75.7 cm³/mol. The molecule has 2 atom stereocenters. The second-order valence-corrected chi connectivity index (χ2v) is 6.04. The molecule has 94 valence electrons. The number of hydrogen-bond acceptors (Lipinski definition) is 2. The van der Waals surface area contributed by atoms with Gasteiger partial charge in [0, 0.05) is 17.6 Å². The van der Waals surface area contributed by atoms with Gasteiger partial charge in [-0.2, -0.15) is 0 Å². The van der Waals surface area contributed by atoms with Crippen molar-refractivity contribution in [1.29, 1.82) is 0 Å². The fraction of sp³-hybridized carbons (Fsp3) is 0.571. The normalized spacial score (nSPS) is 26.1. The lowest BCUT2D eigenvalue weighted by Gasteiger charge is -2.36. The van der Waals surface area contributed by atoms with Crippen molar-refractivity contribution in [2.45, 2.75) is 19.9 Å². The fourth-order valence-electron chi connectivity index (χ4n) is 2.57. The number of rotatable bonds is 3. The summed E-state index contributed by atoms with van der Waals surface area (Å²) in [6, 6.07) is 8.58. The maximum Gasteiger partial charge on any atom is 0.0234 e. The monoisotopic (exact) mass is 296 g/mol. The van der Waals surface area contributed by atoms with E-state index in [2.05, 4.69) is 52.0 Å². The van der Waals surface area contributed by atoms with E-state index in [1.165, 1.54) is 18.5 Å². The Morgan fingerprint density at radius 1 is 1.47 bits per heavy atom. The van der Waals surface area contributed by atoms with Gasteiger partial charge in [0.15, 0.2) is 0 Å². The molecule has 1 saturated heterocycles. The van der Waals surface area contributed by atoms with E-state index in [9.17, 15) is 0 Å². The molecule has 0 radical (unpaired) electrons. The first-order valence-electron chi connectivity index (χ1n) is 6.36. The molecule has 17 heavy (non-hydrogen) atoms. The van der Waals surface area contributed by atoms with Crippen LogP contribution in [0.3, 0.4) is 0 Å². The molecule has 1 aromatic rings. The number of piperidine rings is 1. The van der Waals surface area contributed by atoms with Crippen molar-refractivity contribution in [3.8, 4) is 0 Å². The second kappa shape index (κ2) is 5.98. The molecule has 0 bridgehead atoms. The highest BCUT2D eigenvalue weighted by Crippen LogP contribution is 2.24. The van der Waals surface area contributed by atoms with Crippen molar-refractivity contribution in [3.05, 3.63) is 34.3 Å². The minimum Gasteiger partial charge on any atom is -0.330 e. The highest BCUT2D eigenvalue weighted by Gasteiger charge is 2.24. The van der Waals surface area contributed by atoms with E-state index in [0.717, 1.165) is 30.0 Å². The van der Waals surface area contributed by atoms with Gasteiger partial charge in [-0.15, -0.1) is 0 Å². The Morgan fingerprint density at radius 2 is 2.29 bits per heavy atom. The molecule has 1 aromatic carbocycles. The molecule has 0 saturated carbocycles. The van der Waals surface area contributed by atoms with Crippen LogP contribution in [0.5, 0.6) is 0 Å². The number of benzene rings is 1. The van der Waals surface area contributed by atoms with Gasteiger partial charge >= 0.3 is 0 Å². The first-order chi connectivity index (χ1) is 8.19. The van der Waals surface area contributed by atoms with E-state index in [1.54, 1.807) is 0 Å². The number of halogens is 1. The van der Waals surface area contributed by atoms with Crippen LogP contribution in [-0.4, -0.2) is 24.5 Å². The van der Waals surface area contributed by atoms with E-state index in [1.807, 2.05) is 0 Å². The summed E-state index contributed by atoms with van der Waals surface area (Å²) in [5, 5.41) is 0. The van der Waals surface area contributed by atoms with Crippen LogP contribution in [0.4, 0.5) is 0 Å². The van der Waals surface area contributed by atoms with Crippen LogP contribution in [0.2, 0.25) is 0 Å². The van der Waals surface area contributed by atoms with E-state index < -0.39 is 0 Å². The van der Waals surface area contributed by atoms with Crippen molar-refractivity contribution < 1.29 is 0 Å². The highest BCUT2D eigenvalue weighted by atomic mass is 79.9. The molecule has 2 nitrogen and oxygen atoms in total. The largest absolute Gasteiger partial charge is 0.330 e. The first kappa shape index (κ1) is 13.1. The van der Waals surface area contributed by atoms with Gasteiger partial charge in [-0.3, -0.25) is 4.90 Å². The molecule has 0 amide bonds. The summed E-state index contributed by atoms with van der Waals surface area (Å²) >= 11 is 3.52. The Balaban J connectivity index is 1.95. The highest BCUT2D eigenvalue weighted by molar-refractivity contribution is 9.10. The molecular weight excluding hydrogens is 276 g/mol. The van der Waals surface area contributed by atoms with Gasteiger partial charge in [0.1, 0.15) is 0 Å². The second-order valence-electron chi connectivity index (χ2n) is 5.13. The molecule has 0 spiro atoms. The minimum absolute atomic E-state index is 0.663. The zero-order chi connectivity index (χ0) is 12.3. The van der Waals surface area contributed by atoms with Gasteiger partial charge in [-0.05, 0) is 49.0 Å². The molecular formula is C14H21BrN2. The molecule has 2 unspecified atom stereocenters.